The zero-order valence-corrected chi connectivity index (χ0v) is 13.2. The Kier molecular flexibility index (Phi) is 3.95. The van der Waals surface area contributed by atoms with Crippen LogP contribution in [0.5, 0.6) is 0 Å². The Morgan fingerprint density at radius 3 is 2.91 bits per heavy atom. The number of carbonyl (C=O) groups is 3. The van der Waals surface area contributed by atoms with Crippen molar-refractivity contribution in [3.05, 3.63) is 29.8 Å². The Morgan fingerprint density at radius 1 is 1.41 bits per heavy atom. The molecule has 2 fully saturated rings. The van der Waals surface area contributed by atoms with Gasteiger partial charge in [0.15, 0.2) is 0 Å². The second-order valence-electron chi connectivity index (χ2n) is 5.93. The van der Waals surface area contributed by atoms with Gasteiger partial charge in [-0.15, -0.1) is 11.8 Å². The van der Waals surface area contributed by atoms with Gasteiger partial charge in [-0.25, -0.2) is 0 Å². The molecule has 1 aromatic rings. The average Bonchev–Trinajstić information content (AvgIpc) is 3.04. The lowest BCUT2D eigenvalue weighted by Crippen LogP contribution is -2.37. The number of rotatable bonds is 3. The molecule has 5 nitrogen and oxygen atoms in total. The highest BCUT2D eigenvalue weighted by molar-refractivity contribution is 7.98. The molecule has 2 saturated heterocycles. The zero-order chi connectivity index (χ0) is 15.7. The van der Waals surface area contributed by atoms with Crippen LogP contribution in [0.1, 0.15) is 18.4 Å². The smallest absolute Gasteiger partial charge is 0.235 e. The minimum atomic E-state index is -0.687. The standard InChI is InChI=1S/C16H18N2O3S/c1-22-12-4-2-3-11(7-12)8-14(20)18-6-5-16(10-18)9-13(19)17-15(16)21/h2-4,7H,5-6,8-10H2,1H3,(H,17,19,21)/t16-/m1/s1. The van der Waals surface area contributed by atoms with Crippen LogP contribution in [0, 0.1) is 5.41 Å². The van der Waals surface area contributed by atoms with Gasteiger partial charge in [0.2, 0.25) is 17.7 Å². The highest BCUT2D eigenvalue weighted by atomic mass is 32.2. The maximum absolute atomic E-state index is 12.4. The molecule has 0 bridgehead atoms. The molecule has 0 unspecified atom stereocenters. The maximum Gasteiger partial charge on any atom is 0.235 e. The first-order valence-electron chi connectivity index (χ1n) is 7.27. The summed E-state index contributed by atoms with van der Waals surface area (Å²) in [5.74, 6) is -0.438. The molecule has 6 heteroatoms. The number of likely N-dealkylation sites (tertiary alicyclic amines) is 1. The molecule has 2 aliphatic heterocycles. The van der Waals surface area contributed by atoms with Gasteiger partial charge in [0, 0.05) is 24.4 Å². The van der Waals surface area contributed by atoms with Gasteiger partial charge in [-0.05, 0) is 30.4 Å². The maximum atomic E-state index is 12.4. The predicted octanol–water partition coefficient (Wildman–Crippen LogP) is 1.22. The van der Waals surface area contributed by atoms with Crippen molar-refractivity contribution in [3.63, 3.8) is 0 Å². The molecule has 1 N–H and O–H groups in total. The fraction of sp³-hybridized carbons (Fsp3) is 0.438. The van der Waals surface area contributed by atoms with Gasteiger partial charge < -0.3 is 4.90 Å². The Balaban J connectivity index is 1.67. The Hall–Kier alpha value is -1.82. The zero-order valence-electron chi connectivity index (χ0n) is 12.4. The quantitative estimate of drug-likeness (QED) is 0.672. The second-order valence-corrected chi connectivity index (χ2v) is 6.81. The van der Waals surface area contributed by atoms with Gasteiger partial charge >= 0.3 is 0 Å². The van der Waals surface area contributed by atoms with Crippen molar-refractivity contribution in [2.75, 3.05) is 19.3 Å². The molecule has 2 aliphatic rings. The van der Waals surface area contributed by atoms with E-state index in [0.29, 0.717) is 25.9 Å². The molecule has 2 heterocycles. The molecule has 22 heavy (non-hydrogen) atoms. The summed E-state index contributed by atoms with van der Waals surface area (Å²) in [7, 11) is 0. The molecule has 116 valence electrons. The highest BCUT2D eigenvalue weighted by Gasteiger charge is 2.51. The van der Waals surface area contributed by atoms with E-state index in [-0.39, 0.29) is 24.1 Å². The molecule has 1 atom stereocenters. The molecular weight excluding hydrogens is 300 g/mol. The molecule has 1 aromatic carbocycles. The van der Waals surface area contributed by atoms with Crippen LogP contribution in [0.2, 0.25) is 0 Å². The Bertz CT molecular complexity index is 646. The van der Waals surface area contributed by atoms with E-state index in [2.05, 4.69) is 5.32 Å². The summed E-state index contributed by atoms with van der Waals surface area (Å²) in [4.78, 5) is 38.6. The summed E-state index contributed by atoms with van der Waals surface area (Å²) in [6.45, 7) is 0.896. The van der Waals surface area contributed by atoms with Crippen LogP contribution < -0.4 is 5.32 Å². The lowest BCUT2D eigenvalue weighted by atomic mass is 9.85. The number of nitrogens with zero attached hydrogens (tertiary/aromatic N) is 1. The fourth-order valence-electron chi connectivity index (χ4n) is 3.17. The minimum absolute atomic E-state index is 0.0160. The molecule has 0 saturated carbocycles. The summed E-state index contributed by atoms with van der Waals surface area (Å²) >= 11 is 1.64. The van der Waals surface area contributed by atoms with E-state index >= 15 is 0 Å². The van der Waals surface area contributed by atoms with E-state index in [4.69, 9.17) is 0 Å². The fourth-order valence-corrected chi connectivity index (χ4v) is 3.66. The largest absolute Gasteiger partial charge is 0.341 e. The number of thioether (sulfide) groups is 1. The lowest BCUT2D eigenvalue weighted by molar-refractivity contribution is -0.131. The topological polar surface area (TPSA) is 66.5 Å². The molecule has 0 aliphatic carbocycles. The van der Waals surface area contributed by atoms with Crippen LogP contribution >= 0.6 is 11.8 Å². The third-order valence-corrected chi connectivity index (χ3v) is 5.15. The molecular formula is C16H18N2O3S. The first-order valence-corrected chi connectivity index (χ1v) is 8.50. The van der Waals surface area contributed by atoms with Crippen molar-refractivity contribution in [1.82, 2.24) is 10.2 Å². The van der Waals surface area contributed by atoms with E-state index in [1.165, 1.54) is 0 Å². The van der Waals surface area contributed by atoms with Gasteiger partial charge in [-0.3, -0.25) is 19.7 Å². The van der Waals surface area contributed by atoms with Crippen molar-refractivity contribution >= 4 is 29.5 Å². The molecule has 0 radical (unpaired) electrons. The summed E-state index contributed by atoms with van der Waals surface area (Å²) in [6.07, 6.45) is 3.11. The van der Waals surface area contributed by atoms with Crippen molar-refractivity contribution in [2.24, 2.45) is 5.41 Å². The molecule has 3 rings (SSSR count). The third-order valence-electron chi connectivity index (χ3n) is 4.43. The number of imide groups is 1. The average molecular weight is 318 g/mol. The number of carbonyl (C=O) groups excluding carboxylic acids is 3. The van der Waals surface area contributed by atoms with Crippen molar-refractivity contribution in [2.45, 2.75) is 24.2 Å². The van der Waals surface area contributed by atoms with Crippen molar-refractivity contribution < 1.29 is 14.4 Å². The lowest BCUT2D eigenvalue weighted by Gasteiger charge is -2.20. The molecule has 3 amide bonds. The normalized spacial score (nSPS) is 24.1. The van der Waals surface area contributed by atoms with E-state index in [1.807, 2.05) is 30.5 Å². The Labute approximate surface area is 133 Å². The number of benzene rings is 1. The highest BCUT2D eigenvalue weighted by Crippen LogP contribution is 2.37. The van der Waals surface area contributed by atoms with Crippen molar-refractivity contribution in [3.8, 4) is 0 Å². The number of hydrogen-bond donors (Lipinski definition) is 1. The number of amides is 3. The van der Waals surface area contributed by atoms with E-state index < -0.39 is 5.41 Å². The summed E-state index contributed by atoms with van der Waals surface area (Å²) < 4.78 is 0. The van der Waals surface area contributed by atoms with Gasteiger partial charge in [0.1, 0.15) is 0 Å². The van der Waals surface area contributed by atoms with E-state index in [9.17, 15) is 14.4 Å². The van der Waals surface area contributed by atoms with Crippen LogP contribution in [0.25, 0.3) is 0 Å². The number of hydrogen-bond acceptors (Lipinski definition) is 4. The second kappa shape index (κ2) is 5.76. The van der Waals surface area contributed by atoms with E-state index in [0.717, 1.165) is 10.5 Å². The van der Waals surface area contributed by atoms with Gasteiger partial charge in [-0.2, -0.15) is 0 Å². The first kappa shape index (κ1) is 15.1. The Morgan fingerprint density at radius 2 is 2.23 bits per heavy atom. The molecule has 1 spiro atoms. The summed E-state index contributed by atoms with van der Waals surface area (Å²) in [5, 5.41) is 2.36. The minimum Gasteiger partial charge on any atom is -0.341 e. The van der Waals surface area contributed by atoms with Gasteiger partial charge in [0.05, 0.1) is 11.8 Å². The van der Waals surface area contributed by atoms with E-state index in [1.54, 1.807) is 16.7 Å². The summed E-state index contributed by atoms with van der Waals surface area (Å²) in [6, 6.07) is 7.91. The van der Waals surface area contributed by atoms with Crippen molar-refractivity contribution in [1.29, 1.82) is 0 Å². The number of nitrogens with one attached hydrogen (secondary N) is 1. The van der Waals surface area contributed by atoms with Crippen LogP contribution in [0.15, 0.2) is 29.2 Å². The summed E-state index contributed by atoms with van der Waals surface area (Å²) in [5.41, 5.74) is 0.290. The van der Waals surface area contributed by atoms with Gasteiger partial charge in [-0.1, -0.05) is 12.1 Å². The van der Waals surface area contributed by atoms with Crippen LogP contribution in [-0.4, -0.2) is 42.0 Å². The SMILES string of the molecule is CSc1cccc(CC(=O)N2CC[C@@]3(CC(=O)NC3=O)C2)c1. The third kappa shape index (κ3) is 2.75. The first-order chi connectivity index (χ1) is 10.5. The van der Waals surface area contributed by atoms with Crippen LogP contribution in [0.4, 0.5) is 0 Å². The predicted molar refractivity (Wildman–Crippen MR) is 83.3 cm³/mol. The monoisotopic (exact) mass is 318 g/mol. The van der Waals surface area contributed by atoms with Crippen LogP contribution in [-0.2, 0) is 20.8 Å². The molecule has 0 aromatic heterocycles. The van der Waals surface area contributed by atoms with Crippen LogP contribution in [0.3, 0.4) is 0 Å². The van der Waals surface area contributed by atoms with Gasteiger partial charge in [0.25, 0.3) is 0 Å².